The van der Waals surface area contributed by atoms with Crippen LogP contribution in [0.25, 0.3) is 0 Å². The molecule has 0 unspecified atom stereocenters. The molecule has 0 saturated heterocycles. The van der Waals surface area contributed by atoms with Crippen LogP contribution >= 0.6 is 0 Å². The van der Waals surface area contributed by atoms with Crippen LogP contribution in [-0.4, -0.2) is 16.9 Å². The molecule has 0 amide bonds. The van der Waals surface area contributed by atoms with E-state index in [9.17, 15) is 0 Å². The molecule has 0 aliphatic heterocycles. The van der Waals surface area contributed by atoms with Crippen LogP contribution in [0.2, 0.25) is 0 Å². The Morgan fingerprint density at radius 1 is 1.75 bits per heavy atom. The standard InChI is InChI=1S/C6H12OSi/c1-7-8-6-4-2-3-5-6/h4H,2-3,5,8H2,1H3. The molecule has 0 spiro atoms. The van der Waals surface area contributed by atoms with Gasteiger partial charge >= 0.3 is 0 Å². The van der Waals surface area contributed by atoms with Crippen LogP contribution in [0.3, 0.4) is 0 Å². The zero-order valence-electron chi connectivity index (χ0n) is 5.31. The first-order chi connectivity index (χ1) is 3.93. The zero-order chi connectivity index (χ0) is 5.82. The first kappa shape index (κ1) is 6.04. The maximum absolute atomic E-state index is 5.10. The van der Waals surface area contributed by atoms with Crippen LogP contribution in [0.1, 0.15) is 19.3 Å². The van der Waals surface area contributed by atoms with Crippen molar-refractivity contribution in [1.29, 1.82) is 0 Å². The van der Waals surface area contributed by atoms with Crippen LogP contribution in [0.5, 0.6) is 0 Å². The van der Waals surface area contributed by atoms with Crippen molar-refractivity contribution in [1.82, 2.24) is 0 Å². The Balaban J connectivity index is 2.23. The van der Waals surface area contributed by atoms with Gasteiger partial charge in [0, 0.05) is 7.11 Å². The maximum Gasteiger partial charge on any atom is 0.187 e. The summed E-state index contributed by atoms with van der Waals surface area (Å²) in [5.74, 6) is 0. The summed E-state index contributed by atoms with van der Waals surface area (Å²) in [6, 6.07) is 0. The molecule has 0 saturated carbocycles. The van der Waals surface area contributed by atoms with Crippen LogP contribution in [0.4, 0.5) is 0 Å². The van der Waals surface area contributed by atoms with Crippen molar-refractivity contribution in [2.45, 2.75) is 19.3 Å². The van der Waals surface area contributed by atoms with Gasteiger partial charge in [-0.3, -0.25) is 0 Å². The van der Waals surface area contributed by atoms with E-state index in [4.69, 9.17) is 4.43 Å². The van der Waals surface area contributed by atoms with Gasteiger partial charge in [0.1, 0.15) is 0 Å². The molecule has 1 nitrogen and oxygen atoms in total. The van der Waals surface area contributed by atoms with Gasteiger partial charge in [-0.25, -0.2) is 0 Å². The van der Waals surface area contributed by atoms with E-state index in [-0.39, 0.29) is 9.76 Å². The molecule has 8 heavy (non-hydrogen) atoms. The van der Waals surface area contributed by atoms with Gasteiger partial charge in [-0.2, -0.15) is 0 Å². The van der Waals surface area contributed by atoms with E-state index in [1.807, 2.05) is 7.11 Å². The highest BCUT2D eigenvalue weighted by Gasteiger charge is 2.02. The summed E-state index contributed by atoms with van der Waals surface area (Å²) in [5.41, 5.74) is 0. The molecule has 0 aromatic heterocycles. The van der Waals surface area contributed by atoms with Crippen molar-refractivity contribution < 1.29 is 4.43 Å². The molecule has 1 rings (SSSR count). The van der Waals surface area contributed by atoms with Crippen molar-refractivity contribution in [3.8, 4) is 0 Å². The fraction of sp³-hybridized carbons (Fsp3) is 0.667. The van der Waals surface area contributed by atoms with Gasteiger partial charge < -0.3 is 4.43 Å². The zero-order valence-corrected chi connectivity index (χ0v) is 6.73. The number of hydrogen-bond acceptors (Lipinski definition) is 1. The van der Waals surface area contributed by atoms with Gasteiger partial charge in [0.2, 0.25) is 0 Å². The predicted molar refractivity (Wildman–Crippen MR) is 37.5 cm³/mol. The van der Waals surface area contributed by atoms with Crippen LogP contribution < -0.4 is 0 Å². The SMILES string of the molecule is CO[SiH2]C1=CCCC1. The summed E-state index contributed by atoms with van der Waals surface area (Å²) in [5, 5.41) is 1.62. The predicted octanol–water partition coefficient (Wildman–Crippen LogP) is 0.784. The molecule has 0 aromatic carbocycles. The summed E-state index contributed by atoms with van der Waals surface area (Å²) < 4.78 is 5.10. The molecule has 1 aliphatic carbocycles. The minimum atomic E-state index is -0.241. The molecule has 0 aromatic rings. The number of allylic oxidation sites excluding steroid dienone is 2. The molecular weight excluding hydrogens is 116 g/mol. The van der Waals surface area contributed by atoms with E-state index >= 15 is 0 Å². The summed E-state index contributed by atoms with van der Waals surface area (Å²) >= 11 is 0. The molecule has 0 bridgehead atoms. The maximum atomic E-state index is 5.10. The van der Waals surface area contributed by atoms with Crippen molar-refractivity contribution in [3.05, 3.63) is 11.3 Å². The Bertz CT molecular complexity index is 98.7. The highest BCUT2D eigenvalue weighted by molar-refractivity contribution is 6.37. The topological polar surface area (TPSA) is 9.23 Å². The average molecular weight is 128 g/mol. The Hall–Kier alpha value is -0.0831. The molecule has 0 N–H and O–H groups in total. The van der Waals surface area contributed by atoms with E-state index in [2.05, 4.69) is 6.08 Å². The lowest BCUT2D eigenvalue weighted by Crippen LogP contribution is -1.95. The Kier molecular flexibility index (Phi) is 2.30. The van der Waals surface area contributed by atoms with Crippen molar-refractivity contribution in [2.75, 3.05) is 7.11 Å². The van der Waals surface area contributed by atoms with Gasteiger partial charge in [-0.1, -0.05) is 11.3 Å². The second-order valence-electron chi connectivity index (χ2n) is 2.19. The smallest absolute Gasteiger partial charge is 0.187 e. The minimum Gasteiger partial charge on any atom is -0.422 e. The van der Waals surface area contributed by atoms with Crippen LogP contribution in [-0.2, 0) is 4.43 Å². The second kappa shape index (κ2) is 3.05. The number of rotatable bonds is 2. The fourth-order valence-corrected chi connectivity index (χ4v) is 2.14. The van der Waals surface area contributed by atoms with E-state index in [1.165, 1.54) is 19.3 Å². The number of hydrogen-bond donors (Lipinski definition) is 0. The summed E-state index contributed by atoms with van der Waals surface area (Å²) in [6.07, 6.45) is 6.33. The van der Waals surface area contributed by atoms with Gasteiger partial charge in [0.05, 0.1) is 0 Å². The second-order valence-corrected chi connectivity index (χ2v) is 3.96. The molecule has 1 aliphatic rings. The normalized spacial score (nSPS) is 20.4. The third kappa shape index (κ3) is 1.45. The Labute approximate surface area is 52.7 Å². The molecule has 46 valence electrons. The van der Waals surface area contributed by atoms with Gasteiger partial charge in [0.25, 0.3) is 0 Å². The largest absolute Gasteiger partial charge is 0.422 e. The van der Waals surface area contributed by atoms with Crippen molar-refractivity contribution >= 4 is 9.76 Å². The lowest BCUT2D eigenvalue weighted by atomic mass is 10.4. The fourth-order valence-electron chi connectivity index (χ4n) is 1.05. The van der Waals surface area contributed by atoms with Crippen molar-refractivity contribution in [3.63, 3.8) is 0 Å². The quantitative estimate of drug-likeness (QED) is 0.499. The Morgan fingerprint density at radius 3 is 3.12 bits per heavy atom. The highest BCUT2D eigenvalue weighted by Crippen LogP contribution is 2.15. The molecule has 0 heterocycles. The van der Waals surface area contributed by atoms with E-state index in [0.717, 1.165) is 0 Å². The van der Waals surface area contributed by atoms with E-state index < -0.39 is 0 Å². The molecule has 0 radical (unpaired) electrons. The highest BCUT2D eigenvalue weighted by atomic mass is 28.2. The molecule has 0 fully saturated rings. The van der Waals surface area contributed by atoms with E-state index in [0.29, 0.717) is 0 Å². The van der Waals surface area contributed by atoms with Crippen molar-refractivity contribution in [2.24, 2.45) is 0 Å². The first-order valence-electron chi connectivity index (χ1n) is 3.10. The summed E-state index contributed by atoms with van der Waals surface area (Å²) in [4.78, 5) is 0. The van der Waals surface area contributed by atoms with Gasteiger partial charge in [0.15, 0.2) is 9.76 Å². The Morgan fingerprint density at radius 2 is 2.62 bits per heavy atom. The van der Waals surface area contributed by atoms with E-state index in [1.54, 1.807) is 5.20 Å². The monoisotopic (exact) mass is 128 g/mol. The molecule has 2 heteroatoms. The van der Waals surface area contributed by atoms with Gasteiger partial charge in [-0.05, 0) is 19.3 Å². The third-order valence-corrected chi connectivity index (χ3v) is 2.77. The average Bonchev–Trinajstić information content (AvgIpc) is 2.19. The summed E-state index contributed by atoms with van der Waals surface area (Å²) in [7, 11) is 1.57. The summed E-state index contributed by atoms with van der Waals surface area (Å²) in [6.45, 7) is 0. The lowest BCUT2D eigenvalue weighted by Gasteiger charge is -1.94. The third-order valence-electron chi connectivity index (χ3n) is 1.46. The molecular formula is C6H12OSi. The molecule has 0 atom stereocenters. The van der Waals surface area contributed by atoms with Gasteiger partial charge in [-0.15, -0.1) is 0 Å². The minimum absolute atomic E-state index is 0.241. The van der Waals surface area contributed by atoms with Crippen LogP contribution in [0.15, 0.2) is 11.3 Å². The first-order valence-corrected chi connectivity index (χ1v) is 4.39. The lowest BCUT2D eigenvalue weighted by molar-refractivity contribution is 0.446. The van der Waals surface area contributed by atoms with Crippen LogP contribution in [0, 0.1) is 0 Å².